The predicted octanol–water partition coefficient (Wildman–Crippen LogP) is 3.63. The van der Waals surface area contributed by atoms with Crippen molar-refractivity contribution < 1.29 is 14.7 Å². The first-order valence-corrected chi connectivity index (χ1v) is 11.7. The van der Waals surface area contributed by atoms with Crippen molar-refractivity contribution >= 4 is 33.6 Å². The number of likely N-dealkylation sites (tertiary alicyclic amines) is 2. The molecule has 3 N–H and O–H groups in total. The summed E-state index contributed by atoms with van der Waals surface area (Å²) in [6, 6.07) is 15.5. The molecule has 0 unspecified atom stereocenters. The number of para-hydroxylation sites is 2. The minimum atomic E-state index is -0.630. The molecular formula is C27H28N4O3. The maximum Gasteiger partial charge on any atom is 0.256 e. The summed E-state index contributed by atoms with van der Waals surface area (Å²) in [6.45, 7) is 5.53. The number of aromatic nitrogens is 2. The van der Waals surface area contributed by atoms with Gasteiger partial charge in [-0.05, 0) is 12.1 Å². The number of fused-ring (bicyclic) bond motifs is 4. The summed E-state index contributed by atoms with van der Waals surface area (Å²) in [5.74, 6) is -0.0867. The van der Waals surface area contributed by atoms with E-state index < -0.39 is 16.9 Å². The van der Waals surface area contributed by atoms with Gasteiger partial charge >= 0.3 is 0 Å². The Morgan fingerprint density at radius 3 is 1.56 bits per heavy atom. The summed E-state index contributed by atoms with van der Waals surface area (Å²) in [6.07, 6.45) is 2.93. The second-order valence-corrected chi connectivity index (χ2v) is 10.5. The van der Waals surface area contributed by atoms with Crippen LogP contribution in [0, 0.1) is 10.8 Å². The van der Waals surface area contributed by atoms with Crippen LogP contribution in [0.15, 0.2) is 60.9 Å². The summed E-state index contributed by atoms with van der Waals surface area (Å²) < 4.78 is 0. The first kappa shape index (κ1) is 21.0. The number of H-pyrrole nitrogens is 2. The smallest absolute Gasteiger partial charge is 0.256 e. The molecule has 4 aromatic rings. The fourth-order valence-corrected chi connectivity index (χ4v) is 6.27. The molecule has 2 aliphatic rings. The zero-order chi connectivity index (χ0) is 23.7. The van der Waals surface area contributed by atoms with Gasteiger partial charge in [-0.2, -0.15) is 0 Å². The van der Waals surface area contributed by atoms with E-state index in [2.05, 4.69) is 9.97 Å². The van der Waals surface area contributed by atoms with Gasteiger partial charge in [0, 0.05) is 71.2 Å². The van der Waals surface area contributed by atoms with Crippen molar-refractivity contribution in [1.82, 2.24) is 19.8 Å². The van der Waals surface area contributed by atoms with Crippen LogP contribution in [0.1, 0.15) is 34.6 Å². The first-order chi connectivity index (χ1) is 16.3. The zero-order valence-corrected chi connectivity index (χ0v) is 19.3. The van der Waals surface area contributed by atoms with Gasteiger partial charge in [0.05, 0.1) is 17.2 Å². The molecular weight excluding hydrogens is 428 g/mol. The third-order valence-electron chi connectivity index (χ3n) is 7.74. The van der Waals surface area contributed by atoms with Crippen LogP contribution in [0.5, 0.6) is 0 Å². The van der Waals surface area contributed by atoms with Gasteiger partial charge in [-0.25, -0.2) is 0 Å². The molecule has 2 bridgehead atoms. The van der Waals surface area contributed by atoms with E-state index in [1.807, 2.05) is 72.2 Å². The van der Waals surface area contributed by atoms with Crippen molar-refractivity contribution in [3.63, 3.8) is 0 Å². The number of aliphatic hydroxyl groups excluding tert-OH is 1. The van der Waals surface area contributed by atoms with E-state index in [1.165, 1.54) is 0 Å². The number of nitrogens with one attached hydrogen (secondary N) is 2. The molecule has 7 nitrogen and oxygen atoms in total. The number of aromatic amines is 2. The van der Waals surface area contributed by atoms with Crippen LogP contribution in [-0.2, 0) is 0 Å². The standard InChI is InChI=1S/C27H28N4O3/c1-26-13-30(23(32)19-11-28-21-9-5-3-7-17(19)21)15-27(2,25(26)34)16-31(14-26)24(33)20-12-29-22-10-6-4-8-18(20)22/h3-12,25,28-29,34H,13-16H2,1-2H3. The Morgan fingerprint density at radius 1 is 0.765 bits per heavy atom. The first-order valence-electron chi connectivity index (χ1n) is 11.7. The van der Waals surface area contributed by atoms with Crippen LogP contribution in [0.3, 0.4) is 0 Å². The topological polar surface area (TPSA) is 92.4 Å². The monoisotopic (exact) mass is 456 g/mol. The van der Waals surface area contributed by atoms with Crippen LogP contribution in [-0.4, -0.2) is 69.0 Å². The zero-order valence-electron chi connectivity index (χ0n) is 19.3. The molecule has 0 radical (unpaired) electrons. The highest BCUT2D eigenvalue weighted by atomic mass is 16.3. The summed E-state index contributed by atoms with van der Waals surface area (Å²) in [4.78, 5) is 37.3. The number of amides is 2. The molecule has 2 aromatic heterocycles. The van der Waals surface area contributed by atoms with Crippen molar-refractivity contribution in [2.45, 2.75) is 20.0 Å². The third-order valence-corrected chi connectivity index (χ3v) is 7.74. The fraction of sp³-hybridized carbons (Fsp3) is 0.333. The molecule has 0 saturated carbocycles. The Kier molecular flexibility index (Phi) is 4.45. The Bertz CT molecular complexity index is 1310. The highest BCUT2D eigenvalue weighted by Gasteiger charge is 2.57. The number of benzene rings is 2. The number of nitrogens with zero attached hydrogens (tertiary/aromatic N) is 2. The van der Waals surface area contributed by atoms with E-state index in [0.717, 1.165) is 21.8 Å². The maximum absolute atomic E-state index is 13.6. The largest absolute Gasteiger partial charge is 0.392 e. The number of aliphatic hydroxyl groups is 1. The molecule has 6 rings (SSSR count). The van der Waals surface area contributed by atoms with Crippen molar-refractivity contribution in [3.05, 3.63) is 72.1 Å². The van der Waals surface area contributed by atoms with Gasteiger partial charge < -0.3 is 24.9 Å². The quantitative estimate of drug-likeness (QED) is 0.430. The minimum Gasteiger partial charge on any atom is -0.392 e. The normalized spacial score (nSPS) is 26.9. The van der Waals surface area contributed by atoms with E-state index in [0.29, 0.717) is 37.3 Å². The summed E-state index contributed by atoms with van der Waals surface area (Å²) >= 11 is 0. The molecule has 7 heteroatoms. The number of carbonyl (C=O) groups is 2. The molecule has 2 aromatic carbocycles. The summed E-state index contributed by atoms with van der Waals surface area (Å²) in [7, 11) is 0. The van der Waals surface area contributed by atoms with Crippen LogP contribution < -0.4 is 0 Å². The molecule has 2 amide bonds. The SMILES string of the molecule is CC12CN(C(=O)c3c[nH]c4ccccc34)CC(C)(CN(C(=O)c3c[nH]c4ccccc34)C1)C2O. The van der Waals surface area contributed by atoms with Gasteiger partial charge in [0.2, 0.25) is 0 Å². The molecule has 0 aliphatic carbocycles. The molecule has 0 atom stereocenters. The Balaban J connectivity index is 1.31. The van der Waals surface area contributed by atoms with Gasteiger partial charge in [-0.1, -0.05) is 50.2 Å². The maximum atomic E-state index is 13.6. The van der Waals surface area contributed by atoms with Gasteiger partial charge in [-0.3, -0.25) is 9.59 Å². The molecule has 2 saturated heterocycles. The summed E-state index contributed by atoms with van der Waals surface area (Å²) in [5.41, 5.74) is 1.88. The summed E-state index contributed by atoms with van der Waals surface area (Å²) in [5, 5.41) is 13.1. The lowest BCUT2D eigenvalue weighted by Crippen LogP contribution is -2.71. The molecule has 4 heterocycles. The lowest BCUT2D eigenvalue weighted by atomic mass is 9.62. The second-order valence-electron chi connectivity index (χ2n) is 10.5. The van der Waals surface area contributed by atoms with E-state index in [1.54, 1.807) is 12.4 Å². The van der Waals surface area contributed by atoms with Crippen molar-refractivity contribution in [2.75, 3.05) is 26.2 Å². The second kappa shape index (κ2) is 7.21. The van der Waals surface area contributed by atoms with Crippen molar-refractivity contribution in [2.24, 2.45) is 10.8 Å². The Hall–Kier alpha value is -3.58. The van der Waals surface area contributed by atoms with E-state index in [9.17, 15) is 14.7 Å². The molecule has 0 spiro atoms. The number of piperidine rings is 2. The molecule has 2 fully saturated rings. The van der Waals surface area contributed by atoms with Crippen LogP contribution in [0.4, 0.5) is 0 Å². The lowest BCUT2D eigenvalue weighted by Gasteiger charge is -2.59. The van der Waals surface area contributed by atoms with Crippen molar-refractivity contribution in [1.29, 1.82) is 0 Å². The van der Waals surface area contributed by atoms with E-state index in [4.69, 9.17) is 0 Å². The van der Waals surface area contributed by atoms with Crippen molar-refractivity contribution in [3.8, 4) is 0 Å². The van der Waals surface area contributed by atoms with Gasteiger partial charge in [0.25, 0.3) is 11.8 Å². The number of rotatable bonds is 2. The number of hydrogen-bond acceptors (Lipinski definition) is 3. The van der Waals surface area contributed by atoms with Gasteiger partial charge in [0.15, 0.2) is 0 Å². The van der Waals surface area contributed by atoms with Crippen LogP contribution in [0.25, 0.3) is 21.8 Å². The predicted molar refractivity (Wildman–Crippen MR) is 131 cm³/mol. The van der Waals surface area contributed by atoms with Gasteiger partial charge in [0.1, 0.15) is 0 Å². The number of carbonyl (C=O) groups excluding carboxylic acids is 2. The molecule has 174 valence electrons. The third kappa shape index (κ3) is 3.00. The lowest BCUT2D eigenvalue weighted by molar-refractivity contribution is -0.157. The Morgan fingerprint density at radius 2 is 1.15 bits per heavy atom. The fourth-order valence-electron chi connectivity index (χ4n) is 6.27. The minimum absolute atomic E-state index is 0.0433. The highest BCUT2D eigenvalue weighted by Crippen LogP contribution is 2.46. The van der Waals surface area contributed by atoms with Crippen LogP contribution in [0.2, 0.25) is 0 Å². The molecule has 2 aliphatic heterocycles. The van der Waals surface area contributed by atoms with E-state index in [-0.39, 0.29) is 11.8 Å². The van der Waals surface area contributed by atoms with E-state index >= 15 is 0 Å². The number of hydrogen-bond donors (Lipinski definition) is 3. The van der Waals surface area contributed by atoms with Crippen LogP contribution >= 0.6 is 0 Å². The molecule has 34 heavy (non-hydrogen) atoms. The Labute approximate surface area is 197 Å². The average molecular weight is 457 g/mol. The van der Waals surface area contributed by atoms with Gasteiger partial charge in [-0.15, -0.1) is 0 Å². The highest BCUT2D eigenvalue weighted by molar-refractivity contribution is 6.07. The average Bonchev–Trinajstić information content (AvgIpc) is 3.44.